The number of hydrogen-bond acceptors (Lipinski definition) is 4. The fourth-order valence-electron chi connectivity index (χ4n) is 1.96. The Morgan fingerprint density at radius 3 is 2.89 bits per heavy atom. The molecule has 0 amide bonds. The van der Waals surface area contributed by atoms with Crippen LogP contribution in [0.5, 0.6) is 0 Å². The Kier molecular flexibility index (Phi) is 2.41. The molecular formula is C13H14N4O. The second-order valence-corrected chi connectivity index (χ2v) is 4.46. The molecule has 0 spiro atoms. The molecule has 3 rings (SSSR count). The summed E-state index contributed by atoms with van der Waals surface area (Å²) in [5, 5.41) is 5.10. The molecule has 1 unspecified atom stereocenters. The predicted molar refractivity (Wildman–Crippen MR) is 68.9 cm³/mol. The van der Waals surface area contributed by atoms with Gasteiger partial charge in [-0.3, -0.25) is 0 Å². The number of aryl methyl sites for hydroxylation is 1. The maximum Gasteiger partial charge on any atom is 0.243 e. The van der Waals surface area contributed by atoms with Gasteiger partial charge >= 0.3 is 0 Å². The van der Waals surface area contributed by atoms with Crippen molar-refractivity contribution in [3.8, 4) is 11.5 Å². The highest BCUT2D eigenvalue weighted by Gasteiger charge is 2.13. The van der Waals surface area contributed by atoms with Crippen LogP contribution in [0, 0.1) is 6.92 Å². The van der Waals surface area contributed by atoms with Crippen LogP contribution < -0.4 is 5.73 Å². The van der Waals surface area contributed by atoms with Gasteiger partial charge in [-0.05, 0) is 31.5 Å². The number of nitrogens with one attached hydrogen (secondary N) is 1. The van der Waals surface area contributed by atoms with E-state index in [1.807, 2.05) is 25.1 Å². The standard InChI is InChI=1S/C13H14N4O/c1-7-4-3-5-10-9(7)6-11(15-10)12-16-13(8(2)14)18-17-12/h3-6,8,15H,14H2,1-2H3. The minimum atomic E-state index is -0.252. The highest BCUT2D eigenvalue weighted by atomic mass is 16.5. The fraction of sp³-hybridized carbons (Fsp3) is 0.231. The molecule has 0 bridgehead atoms. The number of H-pyrrole nitrogens is 1. The van der Waals surface area contributed by atoms with E-state index in [9.17, 15) is 0 Å². The molecule has 1 aromatic carbocycles. The summed E-state index contributed by atoms with van der Waals surface area (Å²) in [6, 6.07) is 7.89. The summed E-state index contributed by atoms with van der Waals surface area (Å²) in [7, 11) is 0. The molecule has 0 radical (unpaired) electrons. The minimum Gasteiger partial charge on any atom is -0.352 e. The summed E-state index contributed by atoms with van der Waals surface area (Å²) in [6.07, 6.45) is 0. The van der Waals surface area contributed by atoms with Gasteiger partial charge in [0.2, 0.25) is 11.7 Å². The third-order valence-electron chi connectivity index (χ3n) is 2.95. The van der Waals surface area contributed by atoms with Crippen molar-refractivity contribution < 1.29 is 4.52 Å². The van der Waals surface area contributed by atoms with Gasteiger partial charge in [0.25, 0.3) is 0 Å². The molecule has 0 fully saturated rings. The maximum atomic E-state index is 5.70. The third-order valence-corrected chi connectivity index (χ3v) is 2.95. The van der Waals surface area contributed by atoms with Gasteiger partial charge in [0.05, 0.1) is 11.7 Å². The lowest BCUT2D eigenvalue weighted by atomic mass is 10.1. The van der Waals surface area contributed by atoms with Crippen molar-refractivity contribution in [1.82, 2.24) is 15.1 Å². The zero-order chi connectivity index (χ0) is 12.7. The molecule has 5 nitrogen and oxygen atoms in total. The van der Waals surface area contributed by atoms with Crippen molar-refractivity contribution in [3.05, 3.63) is 35.7 Å². The molecule has 3 aromatic rings. The number of hydrogen-bond donors (Lipinski definition) is 2. The summed E-state index contributed by atoms with van der Waals surface area (Å²) in [5.74, 6) is 0.985. The highest BCUT2D eigenvalue weighted by molar-refractivity contribution is 5.87. The van der Waals surface area contributed by atoms with Gasteiger partial charge in [0.15, 0.2) is 0 Å². The second kappa shape index (κ2) is 3.96. The number of rotatable bonds is 2. The van der Waals surface area contributed by atoms with Crippen molar-refractivity contribution in [2.75, 3.05) is 0 Å². The molecule has 1 atom stereocenters. The number of aromatic nitrogens is 3. The maximum absolute atomic E-state index is 5.70. The number of nitrogens with zero attached hydrogens (tertiary/aromatic N) is 2. The Bertz CT molecular complexity index is 696. The predicted octanol–water partition coefficient (Wildman–Crippen LogP) is 2.55. The van der Waals surface area contributed by atoms with E-state index in [2.05, 4.69) is 28.1 Å². The largest absolute Gasteiger partial charge is 0.352 e. The molecule has 0 saturated carbocycles. The zero-order valence-electron chi connectivity index (χ0n) is 10.3. The topological polar surface area (TPSA) is 80.7 Å². The van der Waals surface area contributed by atoms with Crippen molar-refractivity contribution in [1.29, 1.82) is 0 Å². The Labute approximate surface area is 104 Å². The first-order valence-electron chi connectivity index (χ1n) is 5.83. The average Bonchev–Trinajstić information content (AvgIpc) is 2.95. The molecule has 0 aliphatic heterocycles. The molecule has 0 saturated heterocycles. The van der Waals surface area contributed by atoms with Crippen LogP contribution in [0.2, 0.25) is 0 Å². The van der Waals surface area contributed by atoms with E-state index in [1.165, 1.54) is 10.9 Å². The van der Waals surface area contributed by atoms with Crippen LogP contribution in [-0.4, -0.2) is 15.1 Å². The van der Waals surface area contributed by atoms with E-state index in [4.69, 9.17) is 10.3 Å². The lowest BCUT2D eigenvalue weighted by Crippen LogP contribution is -2.04. The van der Waals surface area contributed by atoms with Crippen LogP contribution >= 0.6 is 0 Å². The van der Waals surface area contributed by atoms with Gasteiger partial charge in [-0.15, -0.1) is 0 Å². The molecular weight excluding hydrogens is 228 g/mol. The van der Waals surface area contributed by atoms with Gasteiger partial charge in [0.1, 0.15) is 0 Å². The normalized spacial score (nSPS) is 13.1. The first-order chi connectivity index (χ1) is 8.65. The summed E-state index contributed by atoms with van der Waals surface area (Å²) in [5.41, 5.74) is 8.82. The molecule has 2 aromatic heterocycles. The van der Waals surface area contributed by atoms with E-state index < -0.39 is 0 Å². The van der Waals surface area contributed by atoms with E-state index in [0.29, 0.717) is 11.7 Å². The molecule has 0 aliphatic rings. The van der Waals surface area contributed by atoms with Crippen LogP contribution in [0.1, 0.15) is 24.4 Å². The third kappa shape index (κ3) is 1.69. The zero-order valence-corrected chi connectivity index (χ0v) is 10.3. The summed E-state index contributed by atoms with van der Waals surface area (Å²) < 4.78 is 5.10. The molecule has 2 heterocycles. The Hall–Kier alpha value is -2.14. The molecule has 3 N–H and O–H groups in total. The molecule has 92 valence electrons. The summed E-state index contributed by atoms with van der Waals surface area (Å²) in [6.45, 7) is 3.89. The van der Waals surface area contributed by atoms with E-state index in [0.717, 1.165) is 11.2 Å². The SMILES string of the molecule is Cc1cccc2[nH]c(-c3noc(C(C)N)n3)cc12. The smallest absolute Gasteiger partial charge is 0.243 e. The van der Waals surface area contributed by atoms with Crippen molar-refractivity contribution in [2.45, 2.75) is 19.9 Å². The Morgan fingerprint density at radius 1 is 1.39 bits per heavy atom. The number of aromatic amines is 1. The molecule has 18 heavy (non-hydrogen) atoms. The average molecular weight is 242 g/mol. The number of nitrogens with two attached hydrogens (primary N) is 1. The van der Waals surface area contributed by atoms with Crippen LogP contribution in [-0.2, 0) is 0 Å². The number of fused-ring (bicyclic) bond motifs is 1. The lowest BCUT2D eigenvalue weighted by molar-refractivity contribution is 0.362. The first-order valence-corrected chi connectivity index (χ1v) is 5.83. The quantitative estimate of drug-likeness (QED) is 0.723. The Morgan fingerprint density at radius 2 is 2.22 bits per heavy atom. The van der Waals surface area contributed by atoms with Crippen LogP contribution in [0.15, 0.2) is 28.8 Å². The summed E-state index contributed by atoms with van der Waals surface area (Å²) in [4.78, 5) is 7.55. The van der Waals surface area contributed by atoms with Crippen molar-refractivity contribution in [3.63, 3.8) is 0 Å². The second-order valence-electron chi connectivity index (χ2n) is 4.46. The van der Waals surface area contributed by atoms with Gasteiger partial charge in [-0.1, -0.05) is 17.3 Å². The van der Waals surface area contributed by atoms with Crippen LogP contribution in [0.25, 0.3) is 22.4 Å². The minimum absolute atomic E-state index is 0.252. The van der Waals surface area contributed by atoms with E-state index in [1.54, 1.807) is 0 Å². The highest BCUT2D eigenvalue weighted by Crippen LogP contribution is 2.24. The lowest BCUT2D eigenvalue weighted by Gasteiger charge is -1.92. The van der Waals surface area contributed by atoms with Crippen molar-refractivity contribution in [2.24, 2.45) is 5.73 Å². The van der Waals surface area contributed by atoms with Crippen LogP contribution in [0.4, 0.5) is 0 Å². The Balaban J connectivity index is 2.10. The van der Waals surface area contributed by atoms with Gasteiger partial charge in [0, 0.05) is 10.9 Å². The van der Waals surface area contributed by atoms with Gasteiger partial charge in [-0.25, -0.2) is 0 Å². The molecule has 5 heteroatoms. The van der Waals surface area contributed by atoms with Gasteiger partial charge < -0.3 is 15.2 Å². The van der Waals surface area contributed by atoms with E-state index in [-0.39, 0.29) is 6.04 Å². The van der Waals surface area contributed by atoms with Crippen molar-refractivity contribution >= 4 is 10.9 Å². The van der Waals surface area contributed by atoms with Gasteiger partial charge in [-0.2, -0.15) is 4.98 Å². The molecule has 0 aliphatic carbocycles. The number of benzene rings is 1. The first kappa shape index (κ1) is 11.0. The summed E-state index contributed by atoms with van der Waals surface area (Å²) >= 11 is 0. The monoisotopic (exact) mass is 242 g/mol. The van der Waals surface area contributed by atoms with Crippen LogP contribution in [0.3, 0.4) is 0 Å². The fourth-order valence-corrected chi connectivity index (χ4v) is 1.96. The van der Waals surface area contributed by atoms with E-state index >= 15 is 0 Å².